The standard InChI is InChI=1S/C18H24ClNOS/c1-11(15-10-13-7-8-14(15)9-13)20-18(21)12(2)22-17-6-4-3-5-16(17)19/h3-6,11-15H,7-10H2,1-2H3,(H,20,21). The second kappa shape index (κ2) is 6.84. The second-order valence-electron chi connectivity index (χ2n) is 6.83. The predicted molar refractivity (Wildman–Crippen MR) is 93.3 cm³/mol. The summed E-state index contributed by atoms with van der Waals surface area (Å²) >= 11 is 7.71. The first-order valence-corrected chi connectivity index (χ1v) is 9.52. The maximum atomic E-state index is 12.5. The van der Waals surface area contributed by atoms with E-state index < -0.39 is 0 Å². The molecule has 2 saturated carbocycles. The van der Waals surface area contributed by atoms with Crippen LogP contribution < -0.4 is 5.32 Å². The van der Waals surface area contributed by atoms with E-state index in [-0.39, 0.29) is 17.2 Å². The summed E-state index contributed by atoms with van der Waals surface area (Å²) in [5.41, 5.74) is 0. The molecule has 2 nitrogen and oxygen atoms in total. The number of amides is 1. The van der Waals surface area contributed by atoms with E-state index in [1.165, 1.54) is 37.4 Å². The van der Waals surface area contributed by atoms with Crippen molar-refractivity contribution in [2.24, 2.45) is 17.8 Å². The third-order valence-electron chi connectivity index (χ3n) is 5.31. The zero-order valence-electron chi connectivity index (χ0n) is 13.2. The molecule has 120 valence electrons. The number of carbonyl (C=O) groups excluding carboxylic acids is 1. The van der Waals surface area contributed by atoms with Crippen molar-refractivity contribution >= 4 is 29.3 Å². The number of hydrogen-bond donors (Lipinski definition) is 1. The van der Waals surface area contributed by atoms with Crippen molar-refractivity contribution in [1.29, 1.82) is 0 Å². The molecular formula is C18H24ClNOS. The fraction of sp³-hybridized carbons (Fsp3) is 0.611. The van der Waals surface area contributed by atoms with E-state index in [2.05, 4.69) is 12.2 Å². The van der Waals surface area contributed by atoms with Crippen LogP contribution in [0, 0.1) is 17.8 Å². The molecule has 5 unspecified atom stereocenters. The molecular weight excluding hydrogens is 314 g/mol. The van der Waals surface area contributed by atoms with Crippen LogP contribution >= 0.6 is 23.4 Å². The van der Waals surface area contributed by atoms with E-state index >= 15 is 0 Å². The van der Waals surface area contributed by atoms with Crippen LogP contribution in [0.4, 0.5) is 0 Å². The molecule has 22 heavy (non-hydrogen) atoms. The largest absolute Gasteiger partial charge is 0.352 e. The van der Waals surface area contributed by atoms with Crippen molar-refractivity contribution in [2.45, 2.75) is 55.7 Å². The van der Waals surface area contributed by atoms with Crippen molar-refractivity contribution in [3.8, 4) is 0 Å². The molecule has 2 aliphatic rings. The highest BCUT2D eigenvalue weighted by atomic mass is 35.5. The lowest BCUT2D eigenvalue weighted by molar-refractivity contribution is -0.121. The molecule has 3 rings (SSSR count). The molecule has 1 aromatic carbocycles. The van der Waals surface area contributed by atoms with Crippen LogP contribution in [0.2, 0.25) is 5.02 Å². The number of rotatable bonds is 5. The van der Waals surface area contributed by atoms with Crippen molar-refractivity contribution < 1.29 is 4.79 Å². The summed E-state index contributed by atoms with van der Waals surface area (Å²) in [6, 6.07) is 7.99. The molecule has 1 amide bonds. The van der Waals surface area contributed by atoms with E-state index in [9.17, 15) is 4.79 Å². The van der Waals surface area contributed by atoms with Crippen LogP contribution in [0.5, 0.6) is 0 Å². The molecule has 0 heterocycles. The highest BCUT2D eigenvalue weighted by Gasteiger charge is 2.42. The Hall–Kier alpha value is -0.670. The maximum absolute atomic E-state index is 12.5. The number of benzene rings is 1. The number of carbonyl (C=O) groups is 1. The molecule has 0 saturated heterocycles. The van der Waals surface area contributed by atoms with E-state index in [0.29, 0.717) is 10.9 Å². The highest BCUT2D eigenvalue weighted by Crippen LogP contribution is 2.49. The lowest BCUT2D eigenvalue weighted by Gasteiger charge is -2.29. The first kappa shape index (κ1) is 16.2. The normalized spacial score (nSPS) is 29.3. The Morgan fingerprint density at radius 2 is 2.05 bits per heavy atom. The molecule has 2 fully saturated rings. The number of fused-ring (bicyclic) bond motifs is 2. The Morgan fingerprint density at radius 3 is 2.68 bits per heavy atom. The highest BCUT2D eigenvalue weighted by molar-refractivity contribution is 8.00. The minimum Gasteiger partial charge on any atom is -0.352 e. The summed E-state index contributed by atoms with van der Waals surface area (Å²) in [6.45, 7) is 4.13. The molecule has 2 bridgehead atoms. The van der Waals surface area contributed by atoms with Crippen molar-refractivity contribution in [3.63, 3.8) is 0 Å². The summed E-state index contributed by atoms with van der Waals surface area (Å²) in [4.78, 5) is 13.4. The SMILES string of the molecule is CC(Sc1ccccc1Cl)C(=O)NC(C)C1CC2CCC1C2. The summed E-state index contributed by atoms with van der Waals surface area (Å²) < 4.78 is 0. The first-order chi connectivity index (χ1) is 10.5. The number of halogens is 1. The summed E-state index contributed by atoms with van der Waals surface area (Å²) in [5.74, 6) is 2.57. The first-order valence-electron chi connectivity index (χ1n) is 8.26. The van der Waals surface area contributed by atoms with E-state index in [4.69, 9.17) is 11.6 Å². The fourth-order valence-corrected chi connectivity index (χ4v) is 5.30. The summed E-state index contributed by atoms with van der Waals surface area (Å²) in [7, 11) is 0. The number of thioether (sulfide) groups is 1. The lowest BCUT2D eigenvalue weighted by atomic mass is 9.84. The quantitative estimate of drug-likeness (QED) is 0.785. The smallest absolute Gasteiger partial charge is 0.233 e. The summed E-state index contributed by atoms with van der Waals surface area (Å²) in [6.07, 6.45) is 5.45. The maximum Gasteiger partial charge on any atom is 0.233 e. The van der Waals surface area contributed by atoms with E-state index in [1.807, 2.05) is 31.2 Å². The Balaban J connectivity index is 1.54. The molecule has 1 aromatic rings. The van der Waals surface area contributed by atoms with Gasteiger partial charge in [-0.3, -0.25) is 4.79 Å². The Kier molecular flexibility index (Phi) is 5.03. The second-order valence-corrected chi connectivity index (χ2v) is 8.62. The average Bonchev–Trinajstić information content (AvgIpc) is 3.12. The Morgan fingerprint density at radius 1 is 1.27 bits per heavy atom. The van der Waals surface area contributed by atoms with Gasteiger partial charge in [-0.05, 0) is 63.0 Å². The zero-order chi connectivity index (χ0) is 15.7. The third kappa shape index (κ3) is 3.46. The predicted octanol–water partition coefficient (Wildman–Crippen LogP) is 4.76. The van der Waals surface area contributed by atoms with Crippen LogP contribution in [-0.2, 0) is 4.79 Å². The molecule has 0 aliphatic heterocycles. The minimum absolute atomic E-state index is 0.124. The van der Waals surface area contributed by atoms with Gasteiger partial charge in [0.25, 0.3) is 0 Å². The van der Waals surface area contributed by atoms with Crippen LogP contribution in [0.1, 0.15) is 39.5 Å². The van der Waals surface area contributed by atoms with Gasteiger partial charge in [0.1, 0.15) is 0 Å². The van der Waals surface area contributed by atoms with E-state index in [1.54, 1.807) is 0 Å². The molecule has 0 radical (unpaired) electrons. The zero-order valence-corrected chi connectivity index (χ0v) is 14.8. The fourth-order valence-electron chi connectivity index (χ4n) is 4.14. The van der Waals surface area contributed by atoms with Gasteiger partial charge in [-0.15, -0.1) is 11.8 Å². The molecule has 4 heteroatoms. The van der Waals surface area contributed by atoms with Gasteiger partial charge in [-0.2, -0.15) is 0 Å². The van der Waals surface area contributed by atoms with Crippen molar-refractivity contribution in [3.05, 3.63) is 29.3 Å². The van der Waals surface area contributed by atoms with Crippen LogP contribution in [0.3, 0.4) is 0 Å². The number of nitrogens with one attached hydrogen (secondary N) is 1. The molecule has 0 aromatic heterocycles. The number of hydrogen-bond acceptors (Lipinski definition) is 2. The van der Waals surface area contributed by atoms with Gasteiger partial charge >= 0.3 is 0 Å². The average molecular weight is 338 g/mol. The van der Waals surface area contributed by atoms with Crippen molar-refractivity contribution in [1.82, 2.24) is 5.32 Å². The van der Waals surface area contributed by atoms with Gasteiger partial charge in [0, 0.05) is 10.9 Å². The summed E-state index contributed by atoms with van der Waals surface area (Å²) in [5, 5.41) is 3.84. The molecule has 1 N–H and O–H groups in total. The van der Waals surface area contributed by atoms with Gasteiger partial charge < -0.3 is 5.32 Å². The monoisotopic (exact) mass is 337 g/mol. The molecule has 5 atom stereocenters. The van der Waals surface area contributed by atoms with Gasteiger partial charge in [0.2, 0.25) is 5.91 Å². The Labute approximate surface area is 142 Å². The van der Waals surface area contributed by atoms with Gasteiger partial charge in [-0.1, -0.05) is 30.2 Å². The third-order valence-corrected chi connectivity index (χ3v) is 6.93. The molecule has 0 spiro atoms. The molecule has 2 aliphatic carbocycles. The minimum atomic E-state index is -0.124. The van der Waals surface area contributed by atoms with Crippen LogP contribution in [0.25, 0.3) is 0 Å². The Bertz CT molecular complexity index is 550. The van der Waals surface area contributed by atoms with Crippen molar-refractivity contribution in [2.75, 3.05) is 0 Å². The topological polar surface area (TPSA) is 29.1 Å². The van der Waals surface area contributed by atoms with E-state index in [0.717, 1.165) is 16.7 Å². The van der Waals surface area contributed by atoms with Crippen LogP contribution in [0.15, 0.2) is 29.2 Å². The van der Waals surface area contributed by atoms with Gasteiger partial charge in [0.05, 0.1) is 10.3 Å². The van der Waals surface area contributed by atoms with Gasteiger partial charge in [-0.25, -0.2) is 0 Å². The van der Waals surface area contributed by atoms with Gasteiger partial charge in [0.15, 0.2) is 0 Å². The van der Waals surface area contributed by atoms with Crippen LogP contribution in [-0.4, -0.2) is 17.2 Å². The lowest BCUT2D eigenvalue weighted by Crippen LogP contribution is -2.43.